The number of halogens is 2. The Kier molecular flexibility index (Phi) is 13.9. The summed E-state index contributed by atoms with van der Waals surface area (Å²) in [6.45, 7) is 1.84. The summed E-state index contributed by atoms with van der Waals surface area (Å²) in [5, 5.41) is 7.91. The van der Waals surface area contributed by atoms with Gasteiger partial charge >= 0.3 is 27.7 Å². The van der Waals surface area contributed by atoms with E-state index >= 15 is 0 Å². The maximum Gasteiger partial charge on any atom is 3.00 e. The monoisotopic (exact) mass is 379 g/mol. The van der Waals surface area contributed by atoms with Gasteiger partial charge in [-0.3, -0.25) is 4.79 Å². The van der Waals surface area contributed by atoms with E-state index in [4.69, 9.17) is 5.11 Å². The summed E-state index contributed by atoms with van der Waals surface area (Å²) in [6.07, 6.45) is 14.6. The molecule has 0 aromatic rings. The number of carboxylic acids is 1. The van der Waals surface area contributed by atoms with Crippen LogP contribution >= 0.6 is 0 Å². The van der Waals surface area contributed by atoms with E-state index in [-0.39, 0.29) is 46.5 Å². The molecular weight excluding hydrogens is 355 g/mol. The zero-order chi connectivity index (χ0) is 13.7. The van der Waals surface area contributed by atoms with Crippen molar-refractivity contribution in [3.05, 3.63) is 28.7 Å². The molecule has 1 N–H and O–H groups in total. The van der Waals surface area contributed by atoms with Crippen molar-refractivity contribution in [1.82, 2.24) is 0 Å². The summed E-state index contributed by atoms with van der Waals surface area (Å²) in [5.41, 5.74) is 7.06. The van der Waals surface area contributed by atoms with Crippen LogP contribution in [0.2, 0.25) is 0 Å². The second kappa shape index (κ2) is 12.5. The van der Waals surface area contributed by atoms with Gasteiger partial charge in [0.15, 0.2) is 0 Å². The van der Waals surface area contributed by atoms with Crippen molar-refractivity contribution in [3.63, 3.8) is 0 Å². The third-order valence-electron chi connectivity index (χ3n) is 4.22. The molecule has 3 rings (SSSR count). The molecule has 0 spiro atoms. The molecule has 0 bridgehead atoms. The zero-order valence-electron chi connectivity index (χ0n) is 13.3. The number of carboxylic acid groups (broad SMARTS) is 1. The van der Waals surface area contributed by atoms with E-state index < -0.39 is 5.97 Å². The van der Waals surface area contributed by atoms with Gasteiger partial charge in [0.25, 0.3) is 0 Å². The van der Waals surface area contributed by atoms with Gasteiger partial charge in [0, 0.05) is 6.42 Å². The van der Waals surface area contributed by atoms with Crippen LogP contribution in [0, 0.1) is 6.42 Å². The first-order valence-corrected chi connectivity index (χ1v) is 7.70. The van der Waals surface area contributed by atoms with Crippen LogP contribution in [0.3, 0.4) is 0 Å². The molecule has 0 amide bonds. The first-order valence-electron chi connectivity index (χ1n) is 7.70. The van der Waals surface area contributed by atoms with Crippen molar-refractivity contribution in [1.29, 1.82) is 0 Å². The topological polar surface area (TPSA) is 37.3 Å². The predicted octanol–water partition coefficient (Wildman–Crippen LogP) is -1.18. The molecule has 0 aromatic carbocycles. The SMILES string of the molecule is CCCC(=O)O.[CH-]1CCCC2=C1CC1=C2CCCC1.[Cl-].[Cl-].[Ti+3]. The van der Waals surface area contributed by atoms with Crippen molar-refractivity contribution >= 4 is 5.97 Å². The molecule has 0 saturated heterocycles. The van der Waals surface area contributed by atoms with Gasteiger partial charge in [-0.25, -0.2) is 12.0 Å². The molecule has 0 unspecified atom stereocenters. The summed E-state index contributed by atoms with van der Waals surface area (Å²) in [7, 11) is 0. The van der Waals surface area contributed by atoms with Crippen molar-refractivity contribution < 1.29 is 56.4 Å². The molecule has 3 aliphatic carbocycles. The van der Waals surface area contributed by atoms with Crippen molar-refractivity contribution in [2.45, 2.75) is 71.1 Å². The van der Waals surface area contributed by atoms with Crippen molar-refractivity contribution in [2.75, 3.05) is 0 Å². The number of rotatable bonds is 2. The minimum absolute atomic E-state index is 0. The Morgan fingerprint density at radius 2 is 1.73 bits per heavy atom. The van der Waals surface area contributed by atoms with Gasteiger partial charge in [-0.2, -0.15) is 5.57 Å². The first kappa shape index (κ1) is 24.4. The summed E-state index contributed by atoms with van der Waals surface area (Å²) in [4.78, 5) is 9.60. The van der Waals surface area contributed by atoms with Gasteiger partial charge in [0.2, 0.25) is 0 Å². The largest absolute Gasteiger partial charge is 3.00 e. The van der Waals surface area contributed by atoms with Crippen LogP contribution in [-0.4, -0.2) is 11.1 Å². The van der Waals surface area contributed by atoms with Gasteiger partial charge in [-0.05, 0) is 32.1 Å². The van der Waals surface area contributed by atoms with Crippen LogP contribution < -0.4 is 24.8 Å². The van der Waals surface area contributed by atoms with E-state index in [0.29, 0.717) is 6.42 Å². The fraction of sp³-hybridized carbons (Fsp3) is 0.647. The third kappa shape index (κ3) is 6.70. The summed E-state index contributed by atoms with van der Waals surface area (Å²) >= 11 is 0. The molecule has 1 radical (unpaired) electrons. The van der Waals surface area contributed by atoms with Crippen LogP contribution in [0.1, 0.15) is 71.1 Å². The Labute approximate surface area is 161 Å². The van der Waals surface area contributed by atoms with Crippen LogP contribution in [-0.2, 0) is 26.5 Å². The smallest absolute Gasteiger partial charge is 1.00 e. The molecule has 2 nitrogen and oxygen atoms in total. The Bertz CT molecular complexity index is 387. The molecule has 22 heavy (non-hydrogen) atoms. The molecule has 5 heteroatoms. The second-order valence-corrected chi connectivity index (χ2v) is 5.71. The van der Waals surface area contributed by atoms with E-state index in [9.17, 15) is 4.79 Å². The quantitative estimate of drug-likeness (QED) is 0.484. The Balaban J connectivity index is 0. The van der Waals surface area contributed by atoms with Gasteiger partial charge in [-0.1, -0.05) is 31.8 Å². The Morgan fingerprint density at radius 3 is 2.32 bits per heavy atom. The second-order valence-electron chi connectivity index (χ2n) is 5.71. The van der Waals surface area contributed by atoms with Crippen LogP contribution in [0.15, 0.2) is 22.3 Å². The van der Waals surface area contributed by atoms with Crippen LogP contribution in [0.4, 0.5) is 0 Å². The maximum absolute atomic E-state index is 9.60. The van der Waals surface area contributed by atoms with E-state index in [2.05, 4.69) is 6.42 Å². The fourth-order valence-corrected chi connectivity index (χ4v) is 3.33. The maximum atomic E-state index is 9.60. The number of carbonyl (C=O) groups is 1. The van der Waals surface area contributed by atoms with Gasteiger partial charge in [0.05, 0.1) is 0 Å². The standard InChI is InChI=1S/C13H17.C4H8O2.2ClH.Ti/c1-3-7-12-10(5-1)9-11-6-2-4-8-13(11)12;1-2-3-4(5)6;;;/h5H,1-4,6-9H2;2-3H2,1H3,(H,5,6);2*1H;/q-1;;;;+3/p-2. The van der Waals surface area contributed by atoms with Gasteiger partial charge in [0.1, 0.15) is 0 Å². The number of fused-ring (bicyclic) bond motifs is 1. The molecule has 0 heterocycles. The summed E-state index contributed by atoms with van der Waals surface area (Å²) < 4.78 is 0. The van der Waals surface area contributed by atoms with E-state index in [0.717, 1.165) is 6.42 Å². The molecule has 0 fully saturated rings. The zero-order valence-corrected chi connectivity index (χ0v) is 16.3. The number of aliphatic carboxylic acids is 1. The Hall–Kier alpha value is 0.114. The van der Waals surface area contributed by atoms with Gasteiger partial charge < -0.3 is 29.9 Å². The van der Waals surface area contributed by atoms with E-state index in [1.54, 1.807) is 22.3 Å². The molecule has 0 atom stereocenters. The normalized spacial score (nSPS) is 18.2. The van der Waals surface area contributed by atoms with Gasteiger partial charge in [-0.15, -0.1) is 12.0 Å². The minimum Gasteiger partial charge on any atom is -1.00 e. The van der Waals surface area contributed by atoms with Crippen LogP contribution in [0.25, 0.3) is 0 Å². The van der Waals surface area contributed by atoms with Crippen molar-refractivity contribution in [2.24, 2.45) is 0 Å². The first-order chi connectivity index (χ1) is 9.22. The van der Waals surface area contributed by atoms with E-state index in [1.165, 1.54) is 51.4 Å². The summed E-state index contributed by atoms with van der Waals surface area (Å²) in [6, 6.07) is 0. The third-order valence-corrected chi connectivity index (χ3v) is 4.22. The Morgan fingerprint density at radius 1 is 1.09 bits per heavy atom. The minimum atomic E-state index is -0.711. The number of hydrogen-bond acceptors (Lipinski definition) is 1. The number of hydrogen-bond donors (Lipinski definition) is 1. The summed E-state index contributed by atoms with van der Waals surface area (Å²) in [5.74, 6) is -0.711. The molecule has 123 valence electrons. The van der Waals surface area contributed by atoms with E-state index in [1.807, 2.05) is 6.92 Å². The average Bonchev–Trinajstić information content (AvgIpc) is 2.78. The number of allylic oxidation sites excluding steroid dienone is 4. The molecular formula is C17H25Cl2O2Ti. The fourth-order valence-electron chi connectivity index (χ4n) is 3.33. The predicted molar refractivity (Wildman–Crippen MR) is 77.8 cm³/mol. The molecule has 3 aliphatic rings. The molecule has 0 aliphatic heterocycles. The molecule has 0 aromatic heterocycles. The van der Waals surface area contributed by atoms with Crippen molar-refractivity contribution in [3.8, 4) is 0 Å². The average molecular weight is 380 g/mol. The van der Waals surface area contributed by atoms with Crippen LogP contribution in [0.5, 0.6) is 0 Å². The molecule has 0 saturated carbocycles.